The Morgan fingerprint density at radius 1 is 1.47 bits per heavy atom. The molecule has 3 nitrogen and oxygen atoms in total. The molecule has 1 saturated heterocycles. The molecule has 5 heteroatoms. The van der Waals surface area contributed by atoms with Gasteiger partial charge in [-0.25, -0.2) is 0 Å². The standard InChI is InChI=1S/C10H20N2OS2/c1-10(2,3)12-7-11(5-6-13-4)8-15-9(12)14/h5-8H2,1-4H3. The van der Waals surface area contributed by atoms with Crippen molar-refractivity contribution in [3.63, 3.8) is 0 Å². The third-order valence-electron chi connectivity index (χ3n) is 2.35. The van der Waals surface area contributed by atoms with Gasteiger partial charge >= 0.3 is 0 Å². The van der Waals surface area contributed by atoms with Crippen LogP contribution in [0.2, 0.25) is 0 Å². The molecule has 0 amide bonds. The van der Waals surface area contributed by atoms with Gasteiger partial charge in [-0.1, -0.05) is 24.0 Å². The smallest absolute Gasteiger partial charge is 0.139 e. The van der Waals surface area contributed by atoms with Crippen LogP contribution in [0.1, 0.15) is 20.8 Å². The summed E-state index contributed by atoms with van der Waals surface area (Å²) in [6.07, 6.45) is 0. The third kappa shape index (κ3) is 3.90. The highest BCUT2D eigenvalue weighted by Gasteiger charge is 2.29. The first kappa shape index (κ1) is 13.2. The average molecular weight is 248 g/mol. The second kappa shape index (κ2) is 5.48. The fraction of sp³-hybridized carbons (Fsp3) is 0.900. The molecular formula is C10H20N2OS2. The third-order valence-corrected chi connectivity index (χ3v) is 3.89. The van der Waals surface area contributed by atoms with Gasteiger partial charge in [-0.3, -0.25) is 4.90 Å². The van der Waals surface area contributed by atoms with Crippen molar-refractivity contribution < 1.29 is 4.74 Å². The maximum Gasteiger partial charge on any atom is 0.139 e. The van der Waals surface area contributed by atoms with Crippen LogP contribution in [0.5, 0.6) is 0 Å². The van der Waals surface area contributed by atoms with E-state index in [1.54, 1.807) is 18.9 Å². The van der Waals surface area contributed by atoms with Gasteiger partial charge in [0, 0.05) is 19.2 Å². The summed E-state index contributed by atoms with van der Waals surface area (Å²) in [6.45, 7) is 9.25. The number of thioether (sulfide) groups is 1. The van der Waals surface area contributed by atoms with Crippen molar-refractivity contribution in [3.05, 3.63) is 0 Å². The van der Waals surface area contributed by atoms with Crippen LogP contribution in [0, 0.1) is 0 Å². The summed E-state index contributed by atoms with van der Waals surface area (Å²) >= 11 is 7.11. The zero-order chi connectivity index (χ0) is 11.5. The Hall–Kier alpha value is 0.160. The van der Waals surface area contributed by atoms with E-state index < -0.39 is 0 Å². The summed E-state index contributed by atoms with van der Waals surface area (Å²) < 4.78 is 6.10. The molecule has 0 spiro atoms. The lowest BCUT2D eigenvalue weighted by molar-refractivity contribution is 0.103. The van der Waals surface area contributed by atoms with E-state index in [4.69, 9.17) is 17.0 Å². The van der Waals surface area contributed by atoms with Gasteiger partial charge in [0.15, 0.2) is 0 Å². The van der Waals surface area contributed by atoms with E-state index >= 15 is 0 Å². The maximum atomic E-state index is 5.37. The molecule has 1 heterocycles. The molecule has 0 aromatic carbocycles. The predicted molar refractivity (Wildman–Crippen MR) is 70.1 cm³/mol. The highest BCUT2D eigenvalue weighted by Crippen LogP contribution is 2.25. The van der Waals surface area contributed by atoms with Crippen LogP contribution in [0.4, 0.5) is 0 Å². The van der Waals surface area contributed by atoms with E-state index in [-0.39, 0.29) is 5.54 Å². The molecule has 0 bridgehead atoms. The Bertz CT molecular complexity index is 228. The Balaban J connectivity index is 2.52. The summed E-state index contributed by atoms with van der Waals surface area (Å²) in [5.41, 5.74) is 0.107. The first-order chi connectivity index (χ1) is 6.95. The quantitative estimate of drug-likeness (QED) is 0.708. The Kier molecular flexibility index (Phi) is 4.83. The first-order valence-corrected chi connectivity index (χ1v) is 6.50. The van der Waals surface area contributed by atoms with Gasteiger partial charge in [0.05, 0.1) is 19.2 Å². The van der Waals surface area contributed by atoms with Crippen molar-refractivity contribution in [1.82, 2.24) is 9.80 Å². The normalized spacial score (nSPS) is 19.7. The second-order valence-electron chi connectivity index (χ2n) is 4.67. The fourth-order valence-corrected chi connectivity index (χ4v) is 2.85. The lowest BCUT2D eigenvalue weighted by Crippen LogP contribution is -2.53. The molecule has 0 saturated carbocycles. The fourth-order valence-electron chi connectivity index (χ4n) is 1.36. The molecule has 88 valence electrons. The topological polar surface area (TPSA) is 15.7 Å². The number of rotatable bonds is 3. The van der Waals surface area contributed by atoms with Crippen molar-refractivity contribution in [2.24, 2.45) is 0 Å². The molecule has 1 rings (SSSR count). The minimum absolute atomic E-state index is 0.107. The van der Waals surface area contributed by atoms with E-state index in [2.05, 4.69) is 30.6 Å². The molecule has 0 N–H and O–H groups in total. The van der Waals surface area contributed by atoms with Crippen molar-refractivity contribution >= 4 is 28.3 Å². The molecule has 1 aliphatic heterocycles. The van der Waals surface area contributed by atoms with Crippen molar-refractivity contribution in [3.8, 4) is 0 Å². The van der Waals surface area contributed by atoms with Gasteiger partial charge in [0.2, 0.25) is 0 Å². The van der Waals surface area contributed by atoms with E-state index in [1.807, 2.05) is 0 Å². The van der Waals surface area contributed by atoms with E-state index in [1.165, 1.54) is 0 Å². The molecule has 1 aliphatic rings. The Morgan fingerprint density at radius 3 is 2.67 bits per heavy atom. The van der Waals surface area contributed by atoms with E-state index in [0.717, 1.165) is 30.0 Å². The summed E-state index contributed by atoms with van der Waals surface area (Å²) in [5.74, 6) is 0.981. The van der Waals surface area contributed by atoms with Gasteiger partial charge in [0.25, 0.3) is 0 Å². The Labute approximate surface area is 102 Å². The van der Waals surface area contributed by atoms with E-state index in [9.17, 15) is 0 Å². The largest absolute Gasteiger partial charge is 0.383 e. The van der Waals surface area contributed by atoms with Crippen LogP contribution in [-0.2, 0) is 4.74 Å². The molecule has 0 atom stereocenters. The highest BCUT2D eigenvalue weighted by molar-refractivity contribution is 8.22. The number of hydrogen-bond donors (Lipinski definition) is 0. The van der Waals surface area contributed by atoms with Crippen molar-refractivity contribution in [1.29, 1.82) is 0 Å². The zero-order valence-electron chi connectivity index (χ0n) is 9.95. The van der Waals surface area contributed by atoms with Gasteiger partial charge in [-0.05, 0) is 20.8 Å². The van der Waals surface area contributed by atoms with Gasteiger partial charge in [-0.15, -0.1) is 0 Å². The van der Waals surface area contributed by atoms with Gasteiger partial charge in [0.1, 0.15) is 4.32 Å². The van der Waals surface area contributed by atoms with Crippen LogP contribution in [0.25, 0.3) is 0 Å². The Morgan fingerprint density at radius 2 is 2.13 bits per heavy atom. The molecule has 0 unspecified atom stereocenters. The number of methoxy groups -OCH3 is 1. The molecule has 15 heavy (non-hydrogen) atoms. The highest BCUT2D eigenvalue weighted by atomic mass is 32.2. The summed E-state index contributed by atoms with van der Waals surface area (Å²) in [4.78, 5) is 4.63. The number of ether oxygens (including phenoxy) is 1. The molecule has 0 aliphatic carbocycles. The van der Waals surface area contributed by atoms with E-state index in [0.29, 0.717) is 0 Å². The molecular weight excluding hydrogens is 228 g/mol. The van der Waals surface area contributed by atoms with Crippen LogP contribution >= 0.6 is 24.0 Å². The number of thiocarbonyl (C=S) groups is 1. The van der Waals surface area contributed by atoms with Crippen LogP contribution in [-0.4, -0.2) is 52.5 Å². The van der Waals surface area contributed by atoms with Gasteiger partial charge in [-0.2, -0.15) is 0 Å². The van der Waals surface area contributed by atoms with Crippen LogP contribution in [0.3, 0.4) is 0 Å². The summed E-state index contributed by atoms with van der Waals surface area (Å²) in [6, 6.07) is 0. The molecule has 0 radical (unpaired) electrons. The van der Waals surface area contributed by atoms with Crippen LogP contribution < -0.4 is 0 Å². The summed E-state index contributed by atoms with van der Waals surface area (Å²) in [7, 11) is 1.74. The predicted octanol–water partition coefficient (Wildman–Crippen LogP) is 1.98. The van der Waals surface area contributed by atoms with Crippen molar-refractivity contribution in [2.75, 3.05) is 32.8 Å². The lowest BCUT2D eigenvalue weighted by Gasteiger charge is -2.44. The van der Waals surface area contributed by atoms with Gasteiger partial charge < -0.3 is 9.64 Å². The monoisotopic (exact) mass is 248 g/mol. The maximum absolute atomic E-state index is 5.37. The lowest BCUT2D eigenvalue weighted by atomic mass is 10.1. The average Bonchev–Trinajstić information content (AvgIpc) is 2.15. The molecule has 0 aromatic heterocycles. The van der Waals surface area contributed by atoms with Crippen LogP contribution in [0.15, 0.2) is 0 Å². The minimum Gasteiger partial charge on any atom is -0.383 e. The zero-order valence-corrected chi connectivity index (χ0v) is 11.6. The second-order valence-corrected chi connectivity index (χ2v) is 6.25. The SMILES string of the molecule is COCCN1CSC(=S)N(C(C)(C)C)C1. The van der Waals surface area contributed by atoms with Crippen molar-refractivity contribution in [2.45, 2.75) is 26.3 Å². The number of nitrogens with zero attached hydrogens (tertiary/aromatic N) is 2. The molecule has 1 fully saturated rings. The minimum atomic E-state index is 0.107. The summed E-state index contributed by atoms with van der Waals surface area (Å²) in [5, 5.41) is 0. The first-order valence-electron chi connectivity index (χ1n) is 5.11. The molecule has 0 aromatic rings. The number of hydrogen-bond acceptors (Lipinski definition) is 4.